The lowest BCUT2D eigenvalue weighted by molar-refractivity contribution is 0.170. The van der Waals surface area contributed by atoms with E-state index in [9.17, 15) is 4.39 Å². The number of benzene rings is 1. The molecule has 2 atom stereocenters. The van der Waals surface area contributed by atoms with E-state index in [0.717, 1.165) is 18.5 Å². The molecule has 0 heterocycles. The monoisotopic (exact) mass is 253 g/mol. The highest BCUT2D eigenvalue weighted by Crippen LogP contribution is 2.27. The van der Waals surface area contributed by atoms with Gasteiger partial charge in [-0.1, -0.05) is 32.0 Å². The first-order chi connectivity index (χ1) is 8.61. The Bertz CT molecular complexity index is 368. The number of rotatable bonds is 7. The van der Waals surface area contributed by atoms with Crippen molar-refractivity contribution < 1.29 is 9.13 Å². The maximum atomic E-state index is 14.2. The third-order valence-electron chi connectivity index (χ3n) is 3.33. The van der Waals surface area contributed by atoms with E-state index in [4.69, 9.17) is 4.74 Å². The van der Waals surface area contributed by atoms with Gasteiger partial charge in [0.15, 0.2) is 0 Å². The van der Waals surface area contributed by atoms with E-state index in [0.29, 0.717) is 18.1 Å². The van der Waals surface area contributed by atoms with Crippen molar-refractivity contribution in [1.82, 2.24) is 5.32 Å². The van der Waals surface area contributed by atoms with E-state index in [1.807, 2.05) is 32.0 Å². The van der Waals surface area contributed by atoms with E-state index >= 15 is 0 Å². The zero-order valence-electron chi connectivity index (χ0n) is 11.8. The van der Waals surface area contributed by atoms with Gasteiger partial charge in [-0.3, -0.25) is 0 Å². The molecule has 0 saturated heterocycles. The van der Waals surface area contributed by atoms with E-state index < -0.39 is 0 Å². The molecule has 0 saturated carbocycles. The van der Waals surface area contributed by atoms with Crippen LogP contribution in [0.25, 0.3) is 0 Å². The number of aryl methyl sites for hydroxylation is 1. The Morgan fingerprint density at radius 1 is 1.39 bits per heavy atom. The van der Waals surface area contributed by atoms with Crippen molar-refractivity contribution in [2.45, 2.75) is 33.2 Å². The van der Waals surface area contributed by atoms with Crippen molar-refractivity contribution in [2.24, 2.45) is 5.92 Å². The Morgan fingerprint density at radius 2 is 2.11 bits per heavy atom. The van der Waals surface area contributed by atoms with Crippen LogP contribution in [0.3, 0.4) is 0 Å². The predicted molar refractivity (Wildman–Crippen MR) is 73.2 cm³/mol. The van der Waals surface area contributed by atoms with Crippen molar-refractivity contribution in [3.8, 4) is 0 Å². The molecule has 102 valence electrons. The minimum absolute atomic E-state index is 0.0463. The molecule has 1 aromatic rings. The molecule has 0 amide bonds. The standard InChI is InChI=1S/C15H24FNO/c1-5-17-15(12(3)9-10-18-4)13-8-6-7-11(2)14(13)16/h6-8,12,15,17H,5,9-10H2,1-4H3. The molecule has 0 fully saturated rings. The molecule has 0 spiro atoms. The smallest absolute Gasteiger partial charge is 0.130 e. The predicted octanol–water partition coefficient (Wildman–Crippen LogP) is 3.46. The molecule has 0 radical (unpaired) electrons. The molecule has 2 nitrogen and oxygen atoms in total. The summed E-state index contributed by atoms with van der Waals surface area (Å²) < 4.78 is 19.3. The third kappa shape index (κ3) is 3.79. The fraction of sp³-hybridized carbons (Fsp3) is 0.600. The van der Waals surface area contributed by atoms with Gasteiger partial charge < -0.3 is 10.1 Å². The average Bonchev–Trinajstić information content (AvgIpc) is 2.37. The molecule has 1 rings (SSSR count). The normalized spacial score (nSPS) is 14.5. The summed E-state index contributed by atoms with van der Waals surface area (Å²) in [5.74, 6) is 0.244. The number of hydrogen-bond donors (Lipinski definition) is 1. The van der Waals surface area contributed by atoms with Crippen LogP contribution in [0.2, 0.25) is 0 Å². The lowest BCUT2D eigenvalue weighted by Crippen LogP contribution is -2.28. The molecule has 0 bridgehead atoms. The number of ether oxygens (including phenoxy) is 1. The van der Waals surface area contributed by atoms with E-state index in [2.05, 4.69) is 12.2 Å². The molecular weight excluding hydrogens is 229 g/mol. The van der Waals surface area contributed by atoms with Crippen LogP contribution < -0.4 is 5.32 Å². The van der Waals surface area contributed by atoms with E-state index in [-0.39, 0.29) is 11.9 Å². The van der Waals surface area contributed by atoms with Gasteiger partial charge in [0.05, 0.1) is 0 Å². The molecule has 18 heavy (non-hydrogen) atoms. The molecular formula is C15H24FNO. The summed E-state index contributed by atoms with van der Waals surface area (Å²) in [7, 11) is 1.70. The SMILES string of the molecule is CCNC(c1cccc(C)c1F)C(C)CCOC. The molecule has 0 aliphatic rings. The first-order valence-electron chi connectivity index (χ1n) is 6.59. The van der Waals surface area contributed by atoms with Crippen LogP contribution in [0, 0.1) is 18.7 Å². The third-order valence-corrected chi connectivity index (χ3v) is 3.33. The van der Waals surface area contributed by atoms with Crippen LogP contribution in [-0.2, 0) is 4.74 Å². The maximum absolute atomic E-state index is 14.2. The minimum Gasteiger partial charge on any atom is -0.385 e. The van der Waals surface area contributed by atoms with Gasteiger partial charge in [0, 0.05) is 25.3 Å². The fourth-order valence-electron chi connectivity index (χ4n) is 2.22. The molecule has 2 unspecified atom stereocenters. The van der Waals surface area contributed by atoms with E-state index in [1.54, 1.807) is 7.11 Å². The summed E-state index contributed by atoms with van der Waals surface area (Å²) in [5.41, 5.74) is 1.47. The van der Waals surface area contributed by atoms with Gasteiger partial charge in [-0.2, -0.15) is 0 Å². The van der Waals surface area contributed by atoms with Crippen LogP contribution in [-0.4, -0.2) is 20.3 Å². The molecule has 1 N–H and O–H groups in total. The van der Waals surface area contributed by atoms with Crippen molar-refractivity contribution in [3.63, 3.8) is 0 Å². The number of hydrogen-bond acceptors (Lipinski definition) is 2. The molecule has 3 heteroatoms. The summed E-state index contributed by atoms with van der Waals surface area (Å²) in [5, 5.41) is 3.38. The highest BCUT2D eigenvalue weighted by Gasteiger charge is 2.21. The van der Waals surface area contributed by atoms with Crippen LogP contribution in [0.1, 0.15) is 37.4 Å². The van der Waals surface area contributed by atoms with Crippen LogP contribution in [0.15, 0.2) is 18.2 Å². The number of methoxy groups -OCH3 is 1. The maximum Gasteiger partial charge on any atom is 0.130 e. The Balaban J connectivity index is 2.92. The number of halogens is 1. The van der Waals surface area contributed by atoms with Gasteiger partial charge in [-0.15, -0.1) is 0 Å². The van der Waals surface area contributed by atoms with Crippen molar-refractivity contribution in [2.75, 3.05) is 20.3 Å². The van der Waals surface area contributed by atoms with Crippen molar-refractivity contribution in [3.05, 3.63) is 35.1 Å². The van der Waals surface area contributed by atoms with Crippen LogP contribution in [0.5, 0.6) is 0 Å². The van der Waals surface area contributed by atoms with Gasteiger partial charge in [0.25, 0.3) is 0 Å². The van der Waals surface area contributed by atoms with Gasteiger partial charge in [0.2, 0.25) is 0 Å². The van der Waals surface area contributed by atoms with E-state index in [1.165, 1.54) is 0 Å². The Hall–Kier alpha value is -0.930. The molecule has 0 aliphatic carbocycles. The lowest BCUT2D eigenvalue weighted by Gasteiger charge is -2.26. The Labute approximate surface area is 110 Å². The van der Waals surface area contributed by atoms with Crippen molar-refractivity contribution >= 4 is 0 Å². The summed E-state index contributed by atoms with van der Waals surface area (Å²) in [4.78, 5) is 0. The summed E-state index contributed by atoms with van der Waals surface area (Å²) in [6.45, 7) is 7.52. The second-order valence-corrected chi connectivity index (χ2v) is 4.77. The topological polar surface area (TPSA) is 21.3 Å². The van der Waals surface area contributed by atoms with Gasteiger partial charge in [-0.25, -0.2) is 4.39 Å². The van der Waals surface area contributed by atoms with Crippen LogP contribution >= 0.6 is 0 Å². The average molecular weight is 253 g/mol. The van der Waals surface area contributed by atoms with Gasteiger partial charge >= 0.3 is 0 Å². The quantitative estimate of drug-likeness (QED) is 0.803. The summed E-state index contributed by atoms with van der Waals surface area (Å²) >= 11 is 0. The lowest BCUT2D eigenvalue weighted by atomic mass is 9.90. The Morgan fingerprint density at radius 3 is 2.72 bits per heavy atom. The molecule has 0 aromatic heterocycles. The summed E-state index contributed by atoms with van der Waals surface area (Å²) in [6.07, 6.45) is 0.918. The van der Waals surface area contributed by atoms with Crippen molar-refractivity contribution in [1.29, 1.82) is 0 Å². The van der Waals surface area contributed by atoms with Crippen LogP contribution in [0.4, 0.5) is 4.39 Å². The zero-order valence-corrected chi connectivity index (χ0v) is 11.8. The van der Waals surface area contributed by atoms with Gasteiger partial charge in [0.1, 0.15) is 5.82 Å². The second-order valence-electron chi connectivity index (χ2n) is 4.77. The highest BCUT2D eigenvalue weighted by molar-refractivity contribution is 5.28. The molecule has 1 aromatic carbocycles. The first kappa shape index (κ1) is 15.1. The zero-order chi connectivity index (χ0) is 13.5. The Kier molecular flexibility index (Phi) is 6.30. The minimum atomic E-state index is -0.0901. The first-order valence-corrected chi connectivity index (χ1v) is 6.59. The molecule has 0 aliphatic heterocycles. The largest absolute Gasteiger partial charge is 0.385 e. The summed E-state index contributed by atoms with van der Waals surface area (Å²) in [6, 6.07) is 5.65. The second kappa shape index (κ2) is 7.49. The fourth-order valence-corrected chi connectivity index (χ4v) is 2.22. The highest BCUT2D eigenvalue weighted by atomic mass is 19.1. The number of nitrogens with one attached hydrogen (secondary N) is 1. The van der Waals surface area contributed by atoms with Gasteiger partial charge in [-0.05, 0) is 31.4 Å².